The molecule has 0 fully saturated rings. The minimum absolute atomic E-state index is 0.105. The van der Waals surface area contributed by atoms with E-state index in [2.05, 4.69) is 23.2 Å². The number of aromatic nitrogens is 3. The molecule has 172 valence electrons. The number of ether oxygens (including phenoxy) is 1. The van der Waals surface area contributed by atoms with Crippen LogP contribution in [0.4, 0.5) is 5.82 Å². The maximum atomic E-state index is 13.4. The van der Waals surface area contributed by atoms with Gasteiger partial charge < -0.3 is 4.74 Å². The van der Waals surface area contributed by atoms with Crippen LogP contribution >= 0.6 is 0 Å². The van der Waals surface area contributed by atoms with Gasteiger partial charge in [-0.25, -0.2) is 4.68 Å². The molecule has 0 radical (unpaired) electrons. The zero-order chi connectivity index (χ0) is 23.3. The van der Waals surface area contributed by atoms with Crippen molar-refractivity contribution < 1.29 is 9.53 Å². The van der Waals surface area contributed by atoms with Crippen LogP contribution in [-0.2, 0) is 24.4 Å². The molecule has 0 bridgehead atoms. The molecule has 1 amide bonds. The number of nitrogens with zero attached hydrogens (tertiary/aromatic N) is 4. The maximum absolute atomic E-state index is 13.4. The van der Waals surface area contributed by atoms with Gasteiger partial charge in [0.15, 0.2) is 0 Å². The highest BCUT2D eigenvalue weighted by molar-refractivity contribution is 5.98. The van der Waals surface area contributed by atoms with E-state index in [0.717, 1.165) is 52.5 Å². The van der Waals surface area contributed by atoms with Gasteiger partial charge in [0.25, 0.3) is 0 Å². The first-order chi connectivity index (χ1) is 16.7. The fourth-order valence-electron chi connectivity index (χ4n) is 4.51. The minimum Gasteiger partial charge on any atom is -0.488 e. The van der Waals surface area contributed by atoms with E-state index in [-0.39, 0.29) is 5.91 Å². The number of carbonyl (C=O) groups excluding carboxylic acids is 1. The van der Waals surface area contributed by atoms with Crippen molar-refractivity contribution >= 4 is 11.7 Å². The Bertz CT molecular complexity index is 1270. The van der Waals surface area contributed by atoms with Crippen molar-refractivity contribution in [3.05, 3.63) is 95.9 Å². The second kappa shape index (κ2) is 9.91. The molecule has 6 nitrogen and oxygen atoms in total. The highest BCUT2D eigenvalue weighted by Crippen LogP contribution is 2.41. The molecule has 2 aromatic carbocycles. The van der Waals surface area contributed by atoms with Crippen LogP contribution in [0, 0.1) is 6.92 Å². The fourth-order valence-corrected chi connectivity index (χ4v) is 4.51. The largest absolute Gasteiger partial charge is 0.488 e. The van der Waals surface area contributed by atoms with E-state index in [1.54, 1.807) is 6.20 Å². The van der Waals surface area contributed by atoms with Gasteiger partial charge in [-0.15, -0.1) is 0 Å². The smallest absolute Gasteiger partial charge is 0.228 e. The normalized spacial score (nSPS) is 12.9. The Hall–Kier alpha value is -3.93. The number of fused-ring (bicyclic) bond motifs is 1. The van der Waals surface area contributed by atoms with Gasteiger partial charge in [-0.3, -0.25) is 14.7 Å². The van der Waals surface area contributed by atoms with Crippen molar-refractivity contribution in [3.8, 4) is 16.9 Å². The van der Waals surface area contributed by atoms with E-state index >= 15 is 0 Å². The van der Waals surface area contributed by atoms with Gasteiger partial charge in [-0.2, -0.15) is 5.10 Å². The number of carbonyl (C=O) groups is 1. The summed E-state index contributed by atoms with van der Waals surface area (Å²) in [6.07, 6.45) is 5.56. The number of benzene rings is 2. The van der Waals surface area contributed by atoms with Gasteiger partial charge in [0, 0.05) is 37.5 Å². The first-order valence-electron chi connectivity index (χ1n) is 11.7. The standard InChI is InChI=1S/C28H28N4O2/c1-21-27(24-12-5-6-13-25(24)34-20-23-9-3-2-4-10-23)28-31(17-8-18-32(28)30-21)26(33)15-14-22-11-7-16-29-19-22/h2-7,9-13,16,19H,8,14-15,17-18,20H2,1H3. The van der Waals surface area contributed by atoms with Crippen molar-refractivity contribution in [2.45, 2.75) is 39.3 Å². The van der Waals surface area contributed by atoms with Crippen LogP contribution in [0.1, 0.15) is 29.7 Å². The summed E-state index contributed by atoms with van der Waals surface area (Å²) < 4.78 is 8.22. The van der Waals surface area contributed by atoms with Gasteiger partial charge in [0.05, 0.1) is 11.3 Å². The molecule has 0 N–H and O–H groups in total. The van der Waals surface area contributed by atoms with E-state index < -0.39 is 0 Å². The molecule has 3 heterocycles. The molecular formula is C28H28N4O2. The number of anilines is 1. The molecule has 0 saturated carbocycles. The lowest BCUT2D eigenvalue weighted by molar-refractivity contribution is -0.118. The molecule has 0 aliphatic carbocycles. The second-order valence-electron chi connectivity index (χ2n) is 8.54. The zero-order valence-corrected chi connectivity index (χ0v) is 19.4. The first-order valence-corrected chi connectivity index (χ1v) is 11.7. The molecule has 4 aromatic rings. The van der Waals surface area contributed by atoms with Crippen molar-refractivity contribution in [3.63, 3.8) is 0 Å². The molecule has 2 aromatic heterocycles. The summed E-state index contributed by atoms with van der Waals surface area (Å²) in [7, 11) is 0. The molecule has 0 spiro atoms. The Kier molecular flexibility index (Phi) is 6.38. The summed E-state index contributed by atoms with van der Waals surface area (Å²) in [5, 5.41) is 4.80. The lowest BCUT2D eigenvalue weighted by atomic mass is 10.0. The van der Waals surface area contributed by atoms with E-state index in [4.69, 9.17) is 9.84 Å². The predicted molar refractivity (Wildman–Crippen MR) is 133 cm³/mol. The summed E-state index contributed by atoms with van der Waals surface area (Å²) >= 11 is 0. The monoisotopic (exact) mass is 452 g/mol. The Balaban J connectivity index is 1.44. The van der Waals surface area contributed by atoms with Crippen LogP contribution in [0.25, 0.3) is 11.1 Å². The highest BCUT2D eigenvalue weighted by Gasteiger charge is 2.30. The van der Waals surface area contributed by atoms with E-state index in [9.17, 15) is 4.79 Å². The summed E-state index contributed by atoms with van der Waals surface area (Å²) in [6, 6.07) is 22.1. The quantitative estimate of drug-likeness (QED) is 0.387. The van der Waals surface area contributed by atoms with E-state index in [1.165, 1.54) is 0 Å². The topological polar surface area (TPSA) is 60.2 Å². The van der Waals surface area contributed by atoms with Crippen LogP contribution in [0.15, 0.2) is 79.1 Å². The summed E-state index contributed by atoms with van der Waals surface area (Å²) in [6.45, 7) is 3.98. The molecule has 1 aliphatic heterocycles. The summed E-state index contributed by atoms with van der Waals surface area (Å²) in [5.41, 5.74) is 5.01. The molecule has 0 atom stereocenters. The lowest BCUT2D eigenvalue weighted by Crippen LogP contribution is -2.38. The zero-order valence-electron chi connectivity index (χ0n) is 19.4. The molecule has 5 rings (SSSR count). The Labute approximate surface area is 199 Å². The minimum atomic E-state index is 0.105. The molecule has 0 unspecified atom stereocenters. The number of pyridine rings is 1. The van der Waals surface area contributed by atoms with Crippen LogP contribution in [-0.4, -0.2) is 27.2 Å². The summed E-state index contributed by atoms with van der Waals surface area (Å²) in [5.74, 6) is 1.77. The molecular weight excluding hydrogens is 424 g/mol. The van der Waals surface area contributed by atoms with Crippen molar-refractivity contribution in [1.82, 2.24) is 14.8 Å². The van der Waals surface area contributed by atoms with Gasteiger partial charge >= 0.3 is 0 Å². The van der Waals surface area contributed by atoms with Crippen LogP contribution < -0.4 is 9.64 Å². The number of rotatable bonds is 7. The Morgan fingerprint density at radius 3 is 2.59 bits per heavy atom. The van der Waals surface area contributed by atoms with Gasteiger partial charge in [-0.1, -0.05) is 54.6 Å². The highest BCUT2D eigenvalue weighted by atomic mass is 16.5. The van der Waals surface area contributed by atoms with Gasteiger partial charge in [0.2, 0.25) is 5.91 Å². The second-order valence-corrected chi connectivity index (χ2v) is 8.54. The Morgan fingerprint density at radius 2 is 1.76 bits per heavy atom. The SMILES string of the molecule is Cc1nn2c(c1-c1ccccc1OCc1ccccc1)N(C(=O)CCc1cccnc1)CCC2. The third kappa shape index (κ3) is 4.57. The number of amides is 1. The molecule has 34 heavy (non-hydrogen) atoms. The fraction of sp³-hybridized carbons (Fsp3) is 0.250. The third-order valence-electron chi connectivity index (χ3n) is 6.15. The van der Waals surface area contributed by atoms with Crippen molar-refractivity contribution in [2.24, 2.45) is 0 Å². The summed E-state index contributed by atoms with van der Waals surface area (Å²) in [4.78, 5) is 19.4. The van der Waals surface area contributed by atoms with Crippen LogP contribution in [0.3, 0.4) is 0 Å². The average Bonchev–Trinajstić information content (AvgIpc) is 3.23. The van der Waals surface area contributed by atoms with E-state index in [0.29, 0.717) is 26.0 Å². The van der Waals surface area contributed by atoms with Crippen molar-refractivity contribution in [1.29, 1.82) is 0 Å². The van der Waals surface area contributed by atoms with Crippen LogP contribution in [0.2, 0.25) is 0 Å². The number of hydrogen-bond donors (Lipinski definition) is 0. The lowest BCUT2D eigenvalue weighted by Gasteiger charge is -2.29. The van der Waals surface area contributed by atoms with Crippen molar-refractivity contribution in [2.75, 3.05) is 11.4 Å². The molecule has 6 heteroatoms. The molecule has 0 saturated heterocycles. The van der Waals surface area contributed by atoms with Crippen LogP contribution in [0.5, 0.6) is 5.75 Å². The Morgan fingerprint density at radius 1 is 0.971 bits per heavy atom. The number of hydrogen-bond acceptors (Lipinski definition) is 4. The van der Waals surface area contributed by atoms with Gasteiger partial charge in [-0.05, 0) is 43.0 Å². The third-order valence-corrected chi connectivity index (χ3v) is 6.15. The first kappa shape index (κ1) is 21.9. The number of para-hydroxylation sites is 1. The predicted octanol–water partition coefficient (Wildman–Crippen LogP) is 5.20. The van der Waals surface area contributed by atoms with Gasteiger partial charge in [0.1, 0.15) is 18.2 Å². The number of aryl methyl sites for hydroxylation is 3. The van der Waals surface area contributed by atoms with E-state index in [1.807, 2.05) is 71.2 Å². The maximum Gasteiger partial charge on any atom is 0.228 e. The average molecular weight is 453 g/mol. The molecule has 1 aliphatic rings.